The highest BCUT2D eigenvalue weighted by Gasteiger charge is 2.12. The summed E-state index contributed by atoms with van der Waals surface area (Å²) in [6.07, 6.45) is 0.977. The van der Waals surface area contributed by atoms with E-state index in [9.17, 15) is 4.79 Å². The Labute approximate surface area is 101 Å². The molecular formula is C15H15NO. The summed E-state index contributed by atoms with van der Waals surface area (Å²) in [7, 11) is 0. The molecule has 1 atom stereocenters. The van der Waals surface area contributed by atoms with E-state index < -0.39 is 0 Å². The summed E-state index contributed by atoms with van der Waals surface area (Å²) < 4.78 is 0. The minimum absolute atomic E-state index is 0.206. The van der Waals surface area contributed by atoms with Crippen LogP contribution in [-0.2, 0) is 11.3 Å². The quantitative estimate of drug-likeness (QED) is 0.812. The van der Waals surface area contributed by atoms with E-state index in [1.165, 1.54) is 0 Å². The van der Waals surface area contributed by atoms with Gasteiger partial charge < -0.3 is 10.5 Å². The van der Waals surface area contributed by atoms with E-state index in [2.05, 4.69) is 0 Å². The second kappa shape index (κ2) is 5.41. The Morgan fingerprint density at radius 1 is 1.00 bits per heavy atom. The highest BCUT2D eigenvalue weighted by atomic mass is 16.1. The van der Waals surface area contributed by atoms with Gasteiger partial charge in [-0.15, -0.1) is 0 Å². The van der Waals surface area contributed by atoms with Gasteiger partial charge >= 0.3 is 0 Å². The lowest BCUT2D eigenvalue weighted by Crippen LogP contribution is -2.04. The number of nitrogens with two attached hydrogens (primary N) is 1. The Kier molecular flexibility index (Phi) is 3.68. The predicted octanol–water partition coefficient (Wildman–Crippen LogP) is 2.48. The van der Waals surface area contributed by atoms with Gasteiger partial charge in [0.15, 0.2) is 0 Å². The molecular weight excluding hydrogens is 210 g/mol. The molecule has 2 aromatic carbocycles. The number of hydrogen-bond donors (Lipinski definition) is 1. The Hall–Kier alpha value is -1.93. The van der Waals surface area contributed by atoms with Gasteiger partial charge in [-0.1, -0.05) is 54.6 Å². The van der Waals surface area contributed by atoms with Crippen molar-refractivity contribution >= 4 is 6.29 Å². The van der Waals surface area contributed by atoms with E-state index in [4.69, 9.17) is 5.73 Å². The van der Waals surface area contributed by atoms with E-state index >= 15 is 0 Å². The van der Waals surface area contributed by atoms with Crippen molar-refractivity contribution in [3.05, 3.63) is 71.3 Å². The summed E-state index contributed by atoms with van der Waals surface area (Å²) in [6, 6.07) is 17.6. The molecule has 0 fully saturated rings. The maximum atomic E-state index is 11.3. The third-order valence-corrected chi connectivity index (χ3v) is 2.84. The smallest absolute Gasteiger partial charge is 0.131 e. The van der Waals surface area contributed by atoms with Crippen molar-refractivity contribution in [2.75, 3.05) is 0 Å². The van der Waals surface area contributed by atoms with E-state index in [1.54, 1.807) is 0 Å². The van der Waals surface area contributed by atoms with Crippen molar-refractivity contribution in [1.29, 1.82) is 0 Å². The largest absolute Gasteiger partial charge is 0.326 e. The van der Waals surface area contributed by atoms with Crippen LogP contribution in [0, 0.1) is 0 Å². The molecule has 0 aliphatic heterocycles. The summed E-state index contributed by atoms with van der Waals surface area (Å²) in [5.41, 5.74) is 8.66. The Morgan fingerprint density at radius 2 is 1.71 bits per heavy atom. The fourth-order valence-corrected chi connectivity index (χ4v) is 1.92. The molecule has 0 bridgehead atoms. The van der Waals surface area contributed by atoms with Crippen LogP contribution in [0.3, 0.4) is 0 Å². The summed E-state index contributed by atoms with van der Waals surface area (Å²) in [6.45, 7) is 0.494. The lowest BCUT2D eigenvalue weighted by atomic mass is 9.92. The van der Waals surface area contributed by atoms with Crippen LogP contribution in [0.5, 0.6) is 0 Å². The average Bonchev–Trinajstić information content (AvgIpc) is 2.41. The molecule has 2 nitrogen and oxygen atoms in total. The zero-order valence-corrected chi connectivity index (χ0v) is 9.54. The van der Waals surface area contributed by atoms with Gasteiger partial charge in [0.1, 0.15) is 6.29 Å². The van der Waals surface area contributed by atoms with Gasteiger partial charge in [0.05, 0.1) is 5.92 Å². The molecule has 0 aliphatic rings. The first-order valence-electron chi connectivity index (χ1n) is 5.64. The van der Waals surface area contributed by atoms with Gasteiger partial charge in [0.2, 0.25) is 0 Å². The minimum Gasteiger partial charge on any atom is -0.326 e. The molecule has 2 heteroatoms. The average molecular weight is 225 g/mol. The number of carbonyl (C=O) groups is 1. The summed E-state index contributed by atoms with van der Waals surface area (Å²) >= 11 is 0. The summed E-state index contributed by atoms with van der Waals surface area (Å²) in [5, 5.41) is 0. The molecule has 1 unspecified atom stereocenters. The van der Waals surface area contributed by atoms with E-state index in [1.807, 2.05) is 54.6 Å². The standard InChI is InChI=1S/C15H15NO/c16-10-12-5-4-8-14(9-12)15(11-17)13-6-2-1-3-7-13/h1-9,11,15H,10,16H2. The van der Waals surface area contributed by atoms with Gasteiger partial charge in [-0.3, -0.25) is 0 Å². The van der Waals surface area contributed by atoms with Crippen LogP contribution in [0.2, 0.25) is 0 Å². The molecule has 2 aromatic rings. The highest BCUT2D eigenvalue weighted by molar-refractivity contribution is 5.68. The second-order valence-corrected chi connectivity index (χ2v) is 3.97. The SMILES string of the molecule is NCc1cccc(C(C=O)c2ccccc2)c1. The van der Waals surface area contributed by atoms with E-state index in [0.717, 1.165) is 23.0 Å². The maximum absolute atomic E-state index is 11.3. The Morgan fingerprint density at radius 3 is 2.35 bits per heavy atom. The lowest BCUT2D eigenvalue weighted by molar-refractivity contribution is -0.108. The fraction of sp³-hybridized carbons (Fsp3) is 0.133. The molecule has 0 aromatic heterocycles. The Balaban J connectivity index is 2.38. The molecule has 86 valence electrons. The molecule has 0 saturated carbocycles. The first-order valence-corrected chi connectivity index (χ1v) is 5.64. The number of hydrogen-bond acceptors (Lipinski definition) is 2. The molecule has 2 N–H and O–H groups in total. The zero-order valence-electron chi connectivity index (χ0n) is 9.54. The molecule has 0 heterocycles. The van der Waals surface area contributed by atoms with Crippen molar-refractivity contribution in [3.8, 4) is 0 Å². The predicted molar refractivity (Wildman–Crippen MR) is 68.7 cm³/mol. The molecule has 0 radical (unpaired) electrons. The molecule has 2 rings (SSSR count). The number of aldehydes is 1. The number of benzene rings is 2. The summed E-state index contributed by atoms with van der Waals surface area (Å²) in [5.74, 6) is -0.206. The number of rotatable bonds is 4. The van der Waals surface area contributed by atoms with E-state index in [0.29, 0.717) is 6.54 Å². The highest BCUT2D eigenvalue weighted by Crippen LogP contribution is 2.23. The first kappa shape index (κ1) is 11.6. The van der Waals surface area contributed by atoms with Crippen molar-refractivity contribution < 1.29 is 4.79 Å². The van der Waals surface area contributed by atoms with Crippen LogP contribution < -0.4 is 5.73 Å². The molecule has 0 saturated heterocycles. The van der Waals surface area contributed by atoms with Crippen LogP contribution in [-0.4, -0.2) is 6.29 Å². The third kappa shape index (κ3) is 2.60. The minimum atomic E-state index is -0.206. The number of carbonyl (C=O) groups excluding carboxylic acids is 1. The van der Waals surface area contributed by atoms with Crippen LogP contribution in [0.1, 0.15) is 22.6 Å². The second-order valence-electron chi connectivity index (χ2n) is 3.97. The lowest BCUT2D eigenvalue weighted by Gasteiger charge is -2.12. The van der Waals surface area contributed by atoms with Gasteiger partial charge in [0, 0.05) is 6.54 Å². The monoisotopic (exact) mass is 225 g/mol. The molecule has 17 heavy (non-hydrogen) atoms. The normalized spacial score (nSPS) is 12.1. The van der Waals surface area contributed by atoms with Gasteiger partial charge in [0.25, 0.3) is 0 Å². The Bertz CT molecular complexity index is 493. The zero-order chi connectivity index (χ0) is 12.1. The first-order chi connectivity index (χ1) is 8.35. The van der Waals surface area contributed by atoms with Crippen LogP contribution in [0.25, 0.3) is 0 Å². The molecule has 0 amide bonds. The third-order valence-electron chi connectivity index (χ3n) is 2.84. The van der Waals surface area contributed by atoms with Crippen molar-refractivity contribution in [2.24, 2.45) is 5.73 Å². The molecule has 0 aliphatic carbocycles. The van der Waals surface area contributed by atoms with Crippen LogP contribution in [0.4, 0.5) is 0 Å². The van der Waals surface area contributed by atoms with E-state index in [-0.39, 0.29) is 5.92 Å². The van der Waals surface area contributed by atoms with Crippen molar-refractivity contribution in [2.45, 2.75) is 12.5 Å². The molecule has 0 spiro atoms. The van der Waals surface area contributed by atoms with Crippen molar-refractivity contribution in [1.82, 2.24) is 0 Å². The topological polar surface area (TPSA) is 43.1 Å². The van der Waals surface area contributed by atoms with Gasteiger partial charge in [-0.2, -0.15) is 0 Å². The summed E-state index contributed by atoms with van der Waals surface area (Å²) in [4.78, 5) is 11.3. The maximum Gasteiger partial charge on any atom is 0.131 e. The van der Waals surface area contributed by atoms with Crippen LogP contribution >= 0.6 is 0 Å². The van der Waals surface area contributed by atoms with Gasteiger partial charge in [-0.25, -0.2) is 0 Å². The van der Waals surface area contributed by atoms with Crippen LogP contribution in [0.15, 0.2) is 54.6 Å². The fourth-order valence-electron chi connectivity index (χ4n) is 1.92. The van der Waals surface area contributed by atoms with Crippen molar-refractivity contribution in [3.63, 3.8) is 0 Å². The van der Waals surface area contributed by atoms with Gasteiger partial charge in [-0.05, 0) is 16.7 Å².